The molecular formula is C17H31NO3. The monoisotopic (exact) mass is 297 g/mol. The SMILES string of the molecule is CC(N(C)C(=O)CC1(C(=O)O)CCCCCC1)C(C)(C)C. The van der Waals surface area contributed by atoms with Crippen molar-refractivity contribution in [2.45, 2.75) is 78.7 Å². The Morgan fingerprint density at radius 1 is 1.14 bits per heavy atom. The number of carbonyl (C=O) groups is 2. The molecule has 0 aromatic carbocycles. The maximum absolute atomic E-state index is 12.6. The number of nitrogens with zero attached hydrogens (tertiary/aromatic N) is 1. The molecule has 21 heavy (non-hydrogen) atoms. The fraction of sp³-hybridized carbons (Fsp3) is 0.882. The first-order chi connectivity index (χ1) is 9.60. The number of carbonyl (C=O) groups excluding carboxylic acids is 1. The van der Waals surface area contributed by atoms with Crippen molar-refractivity contribution < 1.29 is 14.7 Å². The minimum absolute atomic E-state index is 0.00967. The molecule has 0 saturated heterocycles. The third kappa shape index (κ3) is 4.45. The Kier molecular flexibility index (Phi) is 5.83. The summed E-state index contributed by atoms with van der Waals surface area (Å²) in [5.74, 6) is -0.837. The second-order valence-corrected chi connectivity index (χ2v) is 7.72. The third-order valence-electron chi connectivity index (χ3n) is 5.23. The summed E-state index contributed by atoms with van der Waals surface area (Å²) in [6, 6.07) is 0.0848. The maximum Gasteiger partial charge on any atom is 0.310 e. The van der Waals surface area contributed by atoms with Crippen LogP contribution < -0.4 is 0 Å². The van der Waals surface area contributed by atoms with Crippen molar-refractivity contribution in [2.75, 3.05) is 7.05 Å². The van der Waals surface area contributed by atoms with Crippen molar-refractivity contribution in [2.24, 2.45) is 10.8 Å². The van der Waals surface area contributed by atoms with Crippen LogP contribution in [0.25, 0.3) is 0 Å². The number of aliphatic carboxylic acids is 1. The molecule has 1 saturated carbocycles. The molecule has 122 valence electrons. The summed E-state index contributed by atoms with van der Waals surface area (Å²) in [5, 5.41) is 9.67. The molecule has 0 bridgehead atoms. The van der Waals surface area contributed by atoms with Gasteiger partial charge in [-0.1, -0.05) is 46.5 Å². The minimum atomic E-state index is -0.848. The van der Waals surface area contributed by atoms with E-state index in [1.165, 1.54) is 0 Å². The van der Waals surface area contributed by atoms with Gasteiger partial charge in [-0.05, 0) is 25.2 Å². The van der Waals surface area contributed by atoms with E-state index in [2.05, 4.69) is 20.8 Å². The molecule has 1 aliphatic carbocycles. The molecule has 0 spiro atoms. The number of carboxylic acid groups (broad SMARTS) is 1. The Labute approximate surface area is 128 Å². The molecule has 4 heteroatoms. The van der Waals surface area contributed by atoms with Crippen molar-refractivity contribution >= 4 is 11.9 Å². The van der Waals surface area contributed by atoms with Gasteiger partial charge >= 0.3 is 5.97 Å². The Hall–Kier alpha value is -1.06. The zero-order valence-electron chi connectivity index (χ0n) is 14.2. The predicted octanol–water partition coefficient (Wildman–Crippen LogP) is 3.69. The third-order valence-corrected chi connectivity index (χ3v) is 5.23. The molecule has 1 rings (SSSR count). The zero-order valence-corrected chi connectivity index (χ0v) is 14.2. The van der Waals surface area contributed by atoms with Gasteiger partial charge in [-0.25, -0.2) is 0 Å². The van der Waals surface area contributed by atoms with Gasteiger partial charge in [0.05, 0.1) is 5.41 Å². The fourth-order valence-electron chi connectivity index (χ4n) is 3.08. The molecule has 0 aromatic rings. The number of carboxylic acids is 1. The summed E-state index contributed by atoms with van der Waals surface area (Å²) in [5.41, 5.74) is -0.857. The molecule has 1 aliphatic rings. The molecule has 0 heterocycles. The van der Waals surface area contributed by atoms with Gasteiger partial charge in [0, 0.05) is 19.5 Å². The van der Waals surface area contributed by atoms with Gasteiger partial charge in [-0.15, -0.1) is 0 Å². The van der Waals surface area contributed by atoms with Crippen LogP contribution in [0.5, 0.6) is 0 Å². The van der Waals surface area contributed by atoms with Crippen LogP contribution in [-0.4, -0.2) is 35.0 Å². The second kappa shape index (κ2) is 6.80. The summed E-state index contributed by atoms with van der Waals surface area (Å²) < 4.78 is 0. The van der Waals surface area contributed by atoms with Crippen molar-refractivity contribution in [3.05, 3.63) is 0 Å². The van der Waals surface area contributed by atoms with Crippen molar-refractivity contribution in [1.29, 1.82) is 0 Å². The number of rotatable bonds is 4. The van der Waals surface area contributed by atoms with Crippen LogP contribution in [0.2, 0.25) is 0 Å². The summed E-state index contributed by atoms with van der Waals surface area (Å²) in [4.78, 5) is 26.1. The van der Waals surface area contributed by atoms with Crippen LogP contribution in [0.4, 0.5) is 0 Å². The Morgan fingerprint density at radius 2 is 1.62 bits per heavy atom. The van der Waals surface area contributed by atoms with E-state index in [1.807, 2.05) is 6.92 Å². The Bertz CT molecular complexity index is 376. The lowest BCUT2D eigenvalue weighted by Crippen LogP contribution is -2.46. The van der Waals surface area contributed by atoms with Crippen LogP contribution in [0.1, 0.15) is 72.6 Å². The minimum Gasteiger partial charge on any atom is -0.481 e. The van der Waals surface area contributed by atoms with Crippen LogP contribution in [0, 0.1) is 10.8 Å². The summed E-state index contributed by atoms with van der Waals surface area (Å²) >= 11 is 0. The highest BCUT2D eigenvalue weighted by molar-refractivity contribution is 5.85. The molecule has 1 fully saturated rings. The summed E-state index contributed by atoms with van der Waals surface area (Å²) in [7, 11) is 1.80. The van der Waals surface area contributed by atoms with Crippen LogP contribution in [-0.2, 0) is 9.59 Å². The van der Waals surface area contributed by atoms with Gasteiger partial charge in [0.1, 0.15) is 0 Å². The number of amides is 1. The maximum atomic E-state index is 12.6. The van der Waals surface area contributed by atoms with E-state index in [4.69, 9.17) is 0 Å². The van der Waals surface area contributed by atoms with Gasteiger partial charge in [0.25, 0.3) is 0 Å². The lowest BCUT2D eigenvalue weighted by molar-refractivity contribution is -0.155. The topological polar surface area (TPSA) is 57.6 Å². The smallest absolute Gasteiger partial charge is 0.310 e. The lowest BCUT2D eigenvalue weighted by Gasteiger charge is -2.37. The summed E-state index contributed by atoms with van der Waals surface area (Å²) in [6.07, 6.45) is 5.39. The standard InChI is InChI=1S/C17H31NO3/c1-13(16(2,3)4)18(5)14(19)12-17(15(20)21)10-8-6-7-9-11-17/h13H,6-12H2,1-5H3,(H,20,21). The van der Waals surface area contributed by atoms with E-state index >= 15 is 0 Å². The van der Waals surface area contributed by atoms with Crippen LogP contribution in [0.3, 0.4) is 0 Å². The normalized spacial score (nSPS) is 20.4. The first-order valence-corrected chi connectivity index (χ1v) is 8.09. The van der Waals surface area contributed by atoms with E-state index in [0.717, 1.165) is 25.7 Å². The average Bonchev–Trinajstić information content (AvgIpc) is 2.62. The van der Waals surface area contributed by atoms with Crippen molar-refractivity contribution in [3.63, 3.8) is 0 Å². The molecule has 1 atom stereocenters. The number of hydrogen-bond donors (Lipinski definition) is 1. The number of hydrogen-bond acceptors (Lipinski definition) is 2. The van der Waals surface area contributed by atoms with Crippen LogP contribution in [0.15, 0.2) is 0 Å². The van der Waals surface area contributed by atoms with Crippen molar-refractivity contribution in [3.8, 4) is 0 Å². The highest BCUT2D eigenvalue weighted by atomic mass is 16.4. The van der Waals surface area contributed by atoms with E-state index in [1.54, 1.807) is 11.9 Å². The molecular weight excluding hydrogens is 266 g/mol. The zero-order chi connectivity index (χ0) is 16.3. The van der Waals surface area contributed by atoms with Gasteiger partial charge in [-0.3, -0.25) is 9.59 Å². The lowest BCUT2D eigenvalue weighted by atomic mass is 9.76. The van der Waals surface area contributed by atoms with E-state index in [-0.39, 0.29) is 23.8 Å². The van der Waals surface area contributed by atoms with Crippen LogP contribution >= 0.6 is 0 Å². The van der Waals surface area contributed by atoms with Gasteiger partial charge in [-0.2, -0.15) is 0 Å². The van der Waals surface area contributed by atoms with Crippen molar-refractivity contribution in [1.82, 2.24) is 4.90 Å². The van der Waals surface area contributed by atoms with Gasteiger partial charge in [0.15, 0.2) is 0 Å². The summed E-state index contributed by atoms with van der Waals surface area (Å²) in [6.45, 7) is 8.32. The largest absolute Gasteiger partial charge is 0.481 e. The first kappa shape index (κ1) is 18.0. The quantitative estimate of drug-likeness (QED) is 0.805. The Balaban J connectivity index is 2.84. The Morgan fingerprint density at radius 3 is 2.00 bits per heavy atom. The van der Waals surface area contributed by atoms with Gasteiger partial charge < -0.3 is 10.0 Å². The second-order valence-electron chi connectivity index (χ2n) is 7.72. The average molecular weight is 297 g/mol. The van der Waals surface area contributed by atoms with E-state index in [0.29, 0.717) is 12.8 Å². The molecule has 1 unspecified atom stereocenters. The first-order valence-electron chi connectivity index (χ1n) is 8.09. The van der Waals surface area contributed by atoms with E-state index < -0.39 is 11.4 Å². The van der Waals surface area contributed by atoms with E-state index in [9.17, 15) is 14.7 Å². The molecule has 0 aromatic heterocycles. The highest BCUT2D eigenvalue weighted by Crippen LogP contribution is 2.39. The molecule has 0 aliphatic heterocycles. The molecule has 1 N–H and O–H groups in total. The molecule has 0 radical (unpaired) electrons. The predicted molar refractivity (Wildman–Crippen MR) is 84.1 cm³/mol. The molecule has 4 nitrogen and oxygen atoms in total. The fourth-order valence-corrected chi connectivity index (χ4v) is 3.08. The van der Waals surface area contributed by atoms with Gasteiger partial charge in [0.2, 0.25) is 5.91 Å². The molecule has 1 amide bonds. The highest BCUT2D eigenvalue weighted by Gasteiger charge is 2.42.